The van der Waals surface area contributed by atoms with Crippen molar-refractivity contribution in [2.24, 2.45) is 0 Å². The minimum absolute atomic E-state index is 0.130. The third-order valence-corrected chi connectivity index (χ3v) is 3.37. The van der Waals surface area contributed by atoms with Crippen LogP contribution in [0.1, 0.15) is 25.3 Å². The molecule has 3 nitrogen and oxygen atoms in total. The summed E-state index contributed by atoms with van der Waals surface area (Å²) in [4.78, 5) is 11.5. The maximum Gasteiger partial charge on any atom is 0.219 e. The fourth-order valence-electron chi connectivity index (χ4n) is 2.31. The topological polar surface area (TPSA) is 38.3 Å². The quantitative estimate of drug-likeness (QED) is 0.875. The molecule has 1 N–H and O–H groups in total. The highest BCUT2D eigenvalue weighted by atomic mass is 16.5. The lowest BCUT2D eigenvalue weighted by atomic mass is 10.0. The van der Waals surface area contributed by atoms with Crippen LogP contribution in [0, 0.1) is 0 Å². The average Bonchev–Trinajstić information content (AvgIpc) is 2.47. The Morgan fingerprint density at radius 1 is 1.25 bits per heavy atom. The molecule has 0 heterocycles. The molecule has 0 bridgehead atoms. The van der Waals surface area contributed by atoms with Crippen LogP contribution in [0.4, 0.5) is 0 Å². The number of hydrogen-bond donors (Lipinski definition) is 1. The predicted octanol–water partition coefficient (Wildman–Crippen LogP) is 3.31. The van der Waals surface area contributed by atoms with Crippen molar-refractivity contribution >= 4 is 16.7 Å². The Morgan fingerprint density at radius 2 is 2.10 bits per heavy atom. The van der Waals surface area contributed by atoms with Crippen LogP contribution in [0.25, 0.3) is 10.8 Å². The smallest absolute Gasteiger partial charge is 0.219 e. The van der Waals surface area contributed by atoms with Crippen molar-refractivity contribution in [3.8, 4) is 5.75 Å². The van der Waals surface area contributed by atoms with E-state index in [2.05, 4.69) is 35.6 Å². The van der Waals surface area contributed by atoms with E-state index in [0.29, 0.717) is 13.0 Å². The number of nitrogens with one attached hydrogen (secondary N) is 1. The van der Waals surface area contributed by atoms with Crippen molar-refractivity contribution in [2.45, 2.75) is 26.2 Å². The summed E-state index contributed by atoms with van der Waals surface area (Å²) < 4.78 is 5.28. The number of hydrogen-bond acceptors (Lipinski definition) is 2. The van der Waals surface area contributed by atoms with Gasteiger partial charge in [0.1, 0.15) is 5.75 Å². The van der Waals surface area contributed by atoms with Crippen molar-refractivity contribution in [1.82, 2.24) is 5.32 Å². The molecule has 0 aromatic heterocycles. The molecule has 0 spiro atoms. The van der Waals surface area contributed by atoms with Crippen LogP contribution in [0.5, 0.6) is 5.75 Å². The molecule has 0 atom stereocenters. The van der Waals surface area contributed by atoms with E-state index < -0.39 is 0 Å². The first kappa shape index (κ1) is 14.4. The Labute approximate surface area is 119 Å². The van der Waals surface area contributed by atoms with Crippen molar-refractivity contribution in [3.63, 3.8) is 0 Å². The van der Waals surface area contributed by atoms with Crippen molar-refractivity contribution in [2.75, 3.05) is 13.7 Å². The third-order valence-electron chi connectivity index (χ3n) is 3.37. The molecule has 0 aliphatic heterocycles. The van der Waals surface area contributed by atoms with Gasteiger partial charge in [-0.15, -0.1) is 0 Å². The molecule has 2 rings (SSSR count). The van der Waals surface area contributed by atoms with Gasteiger partial charge in [0.05, 0.1) is 7.11 Å². The van der Waals surface area contributed by atoms with Gasteiger partial charge in [-0.2, -0.15) is 0 Å². The average molecular weight is 271 g/mol. The highest BCUT2D eigenvalue weighted by molar-refractivity contribution is 5.87. The zero-order chi connectivity index (χ0) is 14.4. The highest BCUT2D eigenvalue weighted by Gasteiger charge is 2.04. The van der Waals surface area contributed by atoms with Crippen molar-refractivity contribution < 1.29 is 9.53 Å². The van der Waals surface area contributed by atoms with Gasteiger partial charge in [-0.25, -0.2) is 0 Å². The normalized spacial score (nSPS) is 10.5. The first-order valence-electron chi connectivity index (χ1n) is 7.07. The van der Waals surface area contributed by atoms with E-state index >= 15 is 0 Å². The summed E-state index contributed by atoms with van der Waals surface area (Å²) in [5.74, 6) is 0.991. The van der Waals surface area contributed by atoms with Crippen LogP contribution in [0.3, 0.4) is 0 Å². The fraction of sp³-hybridized carbons (Fsp3) is 0.353. The van der Waals surface area contributed by atoms with E-state index in [-0.39, 0.29) is 5.91 Å². The standard InChI is InChI=1S/C17H21NO2/c1-3-5-17(19)18-11-10-14-7-4-6-13-8-9-15(20-2)12-16(13)14/h4,6-9,12H,3,5,10-11H2,1-2H3,(H,18,19). The van der Waals surface area contributed by atoms with Crippen LogP contribution < -0.4 is 10.1 Å². The molecule has 1 amide bonds. The predicted molar refractivity (Wildman–Crippen MR) is 82.1 cm³/mol. The molecule has 3 heteroatoms. The summed E-state index contributed by atoms with van der Waals surface area (Å²) in [5, 5.41) is 5.34. The summed E-state index contributed by atoms with van der Waals surface area (Å²) in [7, 11) is 1.68. The Kier molecular flexibility index (Phi) is 4.99. The number of amides is 1. The number of fused-ring (bicyclic) bond motifs is 1. The van der Waals surface area contributed by atoms with Gasteiger partial charge in [0.25, 0.3) is 0 Å². The van der Waals surface area contributed by atoms with Gasteiger partial charge in [-0.1, -0.05) is 31.2 Å². The van der Waals surface area contributed by atoms with E-state index in [0.717, 1.165) is 18.6 Å². The van der Waals surface area contributed by atoms with Crippen LogP contribution >= 0.6 is 0 Å². The Hall–Kier alpha value is -2.03. The Balaban J connectivity index is 2.11. The Bertz CT molecular complexity index is 593. The van der Waals surface area contributed by atoms with Gasteiger partial charge in [-0.3, -0.25) is 4.79 Å². The van der Waals surface area contributed by atoms with Gasteiger partial charge in [0, 0.05) is 13.0 Å². The molecule has 0 aliphatic carbocycles. The second-order valence-corrected chi connectivity index (χ2v) is 4.85. The van der Waals surface area contributed by atoms with Gasteiger partial charge >= 0.3 is 0 Å². The fourth-order valence-corrected chi connectivity index (χ4v) is 2.31. The SMILES string of the molecule is CCCC(=O)NCCc1cccc2ccc(OC)cc12. The molecule has 2 aromatic carbocycles. The van der Waals surface area contributed by atoms with Gasteiger partial charge in [0.15, 0.2) is 0 Å². The number of carbonyl (C=O) groups is 1. The van der Waals surface area contributed by atoms with Crippen LogP contribution in [-0.4, -0.2) is 19.6 Å². The van der Waals surface area contributed by atoms with E-state index in [4.69, 9.17) is 4.74 Å². The summed E-state index contributed by atoms with van der Waals surface area (Å²) in [5.41, 5.74) is 1.23. The number of carbonyl (C=O) groups excluding carboxylic acids is 1. The lowest BCUT2D eigenvalue weighted by Gasteiger charge is -2.09. The first-order valence-corrected chi connectivity index (χ1v) is 7.07. The van der Waals surface area contributed by atoms with E-state index in [1.165, 1.54) is 16.3 Å². The molecule has 2 aromatic rings. The van der Waals surface area contributed by atoms with Crippen molar-refractivity contribution in [1.29, 1.82) is 0 Å². The molecule has 106 valence electrons. The first-order chi connectivity index (χ1) is 9.74. The van der Waals surface area contributed by atoms with Crippen LogP contribution in [0.2, 0.25) is 0 Å². The number of rotatable bonds is 6. The monoisotopic (exact) mass is 271 g/mol. The molecular weight excluding hydrogens is 250 g/mol. The largest absolute Gasteiger partial charge is 0.497 e. The van der Waals surface area contributed by atoms with Gasteiger partial charge in [-0.05, 0) is 41.3 Å². The number of benzene rings is 2. The third kappa shape index (κ3) is 3.50. The summed E-state index contributed by atoms with van der Waals surface area (Å²) in [6, 6.07) is 12.3. The zero-order valence-electron chi connectivity index (χ0n) is 12.1. The minimum Gasteiger partial charge on any atom is -0.497 e. The molecular formula is C17H21NO2. The number of methoxy groups -OCH3 is 1. The zero-order valence-corrected chi connectivity index (χ0v) is 12.1. The second-order valence-electron chi connectivity index (χ2n) is 4.85. The van der Waals surface area contributed by atoms with Crippen LogP contribution in [0.15, 0.2) is 36.4 Å². The summed E-state index contributed by atoms with van der Waals surface area (Å²) in [6.07, 6.45) is 2.32. The summed E-state index contributed by atoms with van der Waals surface area (Å²) in [6.45, 7) is 2.69. The van der Waals surface area contributed by atoms with Crippen molar-refractivity contribution in [3.05, 3.63) is 42.0 Å². The molecule has 0 unspecified atom stereocenters. The molecule has 0 radical (unpaired) electrons. The molecule has 20 heavy (non-hydrogen) atoms. The van der Waals surface area contributed by atoms with E-state index in [9.17, 15) is 4.79 Å². The minimum atomic E-state index is 0.130. The van der Waals surface area contributed by atoms with Crippen LogP contribution in [-0.2, 0) is 11.2 Å². The maximum atomic E-state index is 11.5. The molecule has 0 fully saturated rings. The summed E-state index contributed by atoms with van der Waals surface area (Å²) >= 11 is 0. The van der Waals surface area contributed by atoms with E-state index in [1.807, 2.05) is 13.0 Å². The lowest BCUT2D eigenvalue weighted by Crippen LogP contribution is -2.25. The molecule has 0 aliphatic rings. The lowest BCUT2D eigenvalue weighted by molar-refractivity contribution is -0.121. The maximum absolute atomic E-state index is 11.5. The van der Waals surface area contributed by atoms with E-state index in [1.54, 1.807) is 7.11 Å². The molecule has 0 saturated heterocycles. The Morgan fingerprint density at radius 3 is 2.85 bits per heavy atom. The second kappa shape index (κ2) is 6.94. The van der Waals surface area contributed by atoms with Gasteiger partial charge in [0.2, 0.25) is 5.91 Å². The highest BCUT2D eigenvalue weighted by Crippen LogP contribution is 2.24. The number of ether oxygens (including phenoxy) is 1. The molecule has 0 saturated carbocycles. The van der Waals surface area contributed by atoms with Gasteiger partial charge < -0.3 is 10.1 Å².